The molecular formula is C21H20FNO4. The lowest BCUT2D eigenvalue weighted by molar-refractivity contribution is 0.0318. The maximum atomic E-state index is 13.0. The minimum atomic E-state index is -0.976. The van der Waals surface area contributed by atoms with Crippen LogP contribution >= 0.6 is 0 Å². The number of aryl methyl sites for hydroxylation is 1. The second-order valence-corrected chi connectivity index (χ2v) is 6.37. The maximum absolute atomic E-state index is 13.0. The fraction of sp³-hybridized carbons (Fsp3) is 0.238. The predicted octanol–water partition coefficient (Wildman–Crippen LogP) is 4.31. The largest absolute Gasteiger partial charge is 0.467 e. The summed E-state index contributed by atoms with van der Waals surface area (Å²) >= 11 is 0. The average molecular weight is 369 g/mol. The third-order valence-corrected chi connectivity index (χ3v) is 4.47. The Balaban J connectivity index is 1.74. The summed E-state index contributed by atoms with van der Waals surface area (Å²) in [6, 6.07) is 10.5. The van der Waals surface area contributed by atoms with Crippen LogP contribution < -0.4 is 0 Å². The summed E-state index contributed by atoms with van der Waals surface area (Å²) < 4.78 is 25.7. The number of Topliss-reactive ketones (excluding diaryl/α,β-unsaturated/α-hetero) is 1. The van der Waals surface area contributed by atoms with Crippen molar-refractivity contribution in [2.45, 2.75) is 33.4 Å². The summed E-state index contributed by atoms with van der Waals surface area (Å²) in [5.41, 5.74) is 2.31. The highest BCUT2D eigenvalue weighted by Crippen LogP contribution is 2.19. The lowest BCUT2D eigenvalue weighted by Crippen LogP contribution is -2.24. The Kier molecular flexibility index (Phi) is 5.26. The van der Waals surface area contributed by atoms with Gasteiger partial charge >= 0.3 is 5.97 Å². The van der Waals surface area contributed by atoms with Crippen molar-refractivity contribution in [1.82, 2.24) is 4.57 Å². The van der Waals surface area contributed by atoms with E-state index < -0.39 is 17.9 Å². The first kappa shape index (κ1) is 18.6. The minimum Gasteiger partial charge on any atom is -0.467 e. The van der Waals surface area contributed by atoms with Crippen molar-refractivity contribution in [1.29, 1.82) is 0 Å². The first-order valence-corrected chi connectivity index (χ1v) is 8.56. The van der Waals surface area contributed by atoms with Crippen molar-refractivity contribution < 1.29 is 23.1 Å². The molecule has 6 heteroatoms. The number of aromatic nitrogens is 1. The van der Waals surface area contributed by atoms with E-state index in [9.17, 15) is 14.0 Å². The minimum absolute atomic E-state index is 0.292. The Bertz CT molecular complexity index is 955. The van der Waals surface area contributed by atoms with Gasteiger partial charge in [-0.2, -0.15) is 0 Å². The van der Waals surface area contributed by atoms with E-state index >= 15 is 0 Å². The number of ketones is 1. The third-order valence-electron chi connectivity index (χ3n) is 4.47. The number of rotatable bonds is 6. The number of carbonyl (C=O) groups is 2. The fourth-order valence-corrected chi connectivity index (χ4v) is 2.94. The van der Waals surface area contributed by atoms with Crippen LogP contribution in [0.25, 0.3) is 0 Å². The zero-order valence-corrected chi connectivity index (χ0v) is 15.4. The Morgan fingerprint density at radius 3 is 2.52 bits per heavy atom. The summed E-state index contributed by atoms with van der Waals surface area (Å²) in [6.07, 6.45) is 0.623. The van der Waals surface area contributed by atoms with Crippen LogP contribution in [0.5, 0.6) is 0 Å². The van der Waals surface area contributed by atoms with E-state index in [0.717, 1.165) is 17.1 Å². The lowest BCUT2D eigenvalue weighted by atomic mass is 10.1. The molecule has 3 aromatic rings. The van der Waals surface area contributed by atoms with Gasteiger partial charge in [-0.1, -0.05) is 0 Å². The molecule has 1 aromatic carbocycles. The third kappa shape index (κ3) is 4.00. The molecule has 5 nitrogen and oxygen atoms in total. The zero-order valence-electron chi connectivity index (χ0n) is 15.4. The SMILES string of the molecule is Cc1cc(C(=O)O[C@H](C)C(=O)c2ccc(F)cc2)c(C)n1Cc1ccco1. The summed E-state index contributed by atoms with van der Waals surface area (Å²) in [4.78, 5) is 24.9. The molecule has 0 radical (unpaired) electrons. The van der Waals surface area contributed by atoms with Gasteiger partial charge in [0.15, 0.2) is 6.10 Å². The van der Waals surface area contributed by atoms with Gasteiger partial charge in [0, 0.05) is 17.0 Å². The van der Waals surface area contributed by atoms with E-state index in [0.29, 0.717) is 17.7 Å². The average Bonchev–Trinajstić information content (AvgIpc) is 3.25. The van der Waals surface area contributed by atoms with Crippen LogP contribution in [0.2, 0.25) is 0 Å². The molecule has 0 bridgehead atoms. The number of carbonyl (C=O) groups excluding carboxylic acids is 2. The topological polar surface area (TPSA) is 61.4 Å². The Hall–Kier alpha value is -3.15. The first-order valence-electron chi connectivity index (χ1n) is 8.56. The van der Waals surface area contributed by atoms with Crippen molar-refractivity contribution in [3.8, 4) is 0 Å². The number of esters is 1. The molecule has 0 aliphatic carbocycles. The van der Waals surface area contributed by atoms with E-state index in [2.05, 4.69) is 0 Å². The van der Waals surface area contributed by atoms with Gasteiger partial charge in [0.2, 0.25) is 5.78 Å². The Morgan fingerprint density at radius 2 is 1.89 bits per heavy atom. The van der Waals surface area contributed by atoms with Crippen LogP contribution in [0, 0.1) is 19.7 Å². The molecule has 0 saturated heterocycles. The molecule has 0 spiro atoms. The number of hydrogen-bond acceptors (Lipinski definition) is 4. The standard InChI is InChI=1S/C21H20FNO4/c1-13-11-19(14(2)23(13)12-18-5-4-10-26-18)21(25)27-15(3)20(24)16-6-8-17(22)9-7-16/h4-11,15H,12H2,1-3H3/t15-/m1/s1. The van der Waals surface area contributed by atoms with Gasteiger partial charge < -0.3 is 13.7 Å². The van der Waals surface area contributed by atoms with Crippen molar-refractivity contribution in [2.75, 3.05) is 0 Å². The molecule has 0 aliphatic heterocycles. The molecule has 3 rings (SSSR count). The van der Waals surface area contributed by atoms with Crippen LogP contribution in [0.1, 0.15) is 44.8 Å². The van der Waals surface area contributed by atoms with Gasteiger partial charge in [-0.05, 0) is 63.2 Å². The monoisotopic (exact) mass is 369 g/mol. The summed E-state index contributed by atoms with van der Waals surface area (Å²) in [6.45, 7) is 5.71. The normalized spacial score (nSPS) is 12.0. The summed E-state index contributed by atoms with van der Waals surface area (Å²) in [5, 5.41) is 0. The van der Waals surface area contributed by atoms with Crippen molar-refractivity contribution in [3.63, 3.8) is 0 Å². The van der Waals surface area contributed by atoms with Crippen LogP contribution in [-0.2, 0) is 11.3 Å². The highest BCUT2D eigenvalue weighted by Gasteiger charge is 2.23. The number of benzene rings is 1. The smallest absolute Gasteiger partial charge is 0.340 e. The Morgan fingerprint density at radius 1 is 1.19 bits per heavy atom. The molecular weight excluding hydrogens is 349 g/mol. The number of nitrogens with zero attached hydrogens (tertiary/aromatic N) is 1. The summed E-state index contributed by atoms with van der Waals surface area (Å²) in [7, 11) is 0. The molecule has 2 aromatic heterocycles. The number of furan rings is 1. The van der Waals surface area contributed by atoms with E-state index in [1.807, 2.05) is 24.5 Å². The quantitative estimate of drug-likeness (QED) is 0.480. The summed E-state index contributed by atoms with van der Waals surface area (Å²) in [5.74, 6) is -0.610. The molecule has 27 heavy (non-hydrogen) atoms. The highest BCUT2D eigenvalue weighted by atomic mass is 19.1. The molecule has 140 valence electrons. The molecule has 0 amide bonds. The van der Waals surface area contributed by atoms with Crippen LogP contribution in [0.15, 0.2) is 53.1 Å². The van der Waals surface area contributed by atoms with E-state index in [1.165, 1.54) is 31.2 Å². The van der Waals surface area contributed by atoms with Gasteiger partial charge in [0.1, 0.15) is 11.6 Å². The predicted molar refractivity (Wildman–Crippen MR) is 97.3 cm³/mol. The van der Waals surface area contributed by atoms with Crippen molar-refractivity contribution in [3.05, 3.63) is 82.8 Å². The van der Waals surface area contributed by atoms with Crippen LogP contribution in [0.4, 0.5) is 4.39 Å². The van der Waals surface area contributed by atoms with Gasteiger partial charge in [-0.15, -0.1) is 0 Å². The molecule has 2 heterocycles. The molecule has 0 fully saturated rings. The van der Waals surface area contributed by atoms with Crippen molar-refractivity contribution >= 4 is 11.8 Å². The van der Waals surface area contributed by atoms with Gasteiger partial charge in [0.05, 0.1) is 18.4 Å². The molecule has 0 aliphatic rings. The fourth-order valence-electron chi connectivity index (χ4n) is 2.94. The second kappa shape index (κ2) is 7.61. The van der Waals surface area contributed by atoms with E-state index in [1.54, 1.807) is 18.4 Å². The zero-order chi connectivity index (χ0) is 19.6. The highest BCUT2D eigenvalue weighted by molar-refractivity contribution is 6.01. The van der Waals surface area contributed by atoms with E-state index in [4.69, 9.17) is 9.15 Å². The maximum Gasteiger partial charge on any atom is 0.340 e. The molecule has 0 N–H and O–H groups in total. The van der Waals surface area contributed by atoms with Gasteiger partial charge in [0.25, 0.3) is 0 Å². The van der Waals surface area contributed by atoms with Gasteiger partial charge in [-0.3, -0.25) is 4.79 Å². The van der Waals surface area contributed by atoms with Gasteiger partial charge in [-0.25, -0.2) is 9.18 Å². The number of ether oxygens (including phenoxy) is 1. The van der Waals surface area contributed by atoms with Crippen LogP contribution in [-0.4, -0.2) is 22.4 Å². The molecule has 1 atom stereocenters. The number of halogens is 1. The van der Waals surface area contributed by atoms with Crippen LogP contribution in [0.3, 0.4) is 0 Å². The lowest BCUT2D eigenvalue weighted by Gasteiger charge is -2.13. The Labute approximate surface area is 156 Å². The first-order chi connectivity index (χ1) is 12.9. The number of hydrogen-bond donors (Lipinski definition) is 0. The van der Waals surface area contributed by atoms with E-state index in [-0.39, 0.29) is 5.78 Å². The molecule has 0 saturated carbocycles. The second-order valence-electron chi connectivity index (χ2n) is 6.37. The molecule has 0 unspecified atom stereocenters. The van der Waals surface area contributed by atoms with Crippen molar-refractivity contribution in [2.24, 2.45) is 0 Å².